The quantitative estimate of drug-likeness (QED) is 0.573. The van der Waals surface area contributed by atoms with Gasteiger partial charge in [0.05, 0.1) is 7.11 Å². The second-order valence-corrected chi connectivity index (χ2v) is 6.06. The lowest BCUT2D eigenvalue weighted by atomic mass is 10.0. The van der Waals surface area contributed by atoms with Crippen LogP contribution in [0.5, 0.6) is 0 Å². The molecule has 1 heterocycles. The van der Waals surface area contributed by atoms with E-state index in [-0.39, 0.29) is 0 Å². The molecule has 0 radical (unpaired) electrons. The summed E-state index contributed by atoms with van der Waals surface area (Å²) in [6, 6.07) is 17.4. The molecule has 0 N–H and O–H groups in total. The number of methoxy groups -OCH3 is 1. The molecule has 22 heavy (non-hydrogen) atoms. The maximum Gasteiger partial charge on any atom is 0.338 e. The second kappa shape index (κ2) is 6.76. The fourth-order valence-corrected chi connectivity index (χ4v) is 3.14. The summed E-state index contributed by atoms with van der Waals surface area (Å²) < 4.78 is 17.7. The van der Waals surface area contributed by atoms with Gasteiger partial charge in [-0.25, -0.2) is 4.79 Å². The van der Waals surface area contributed by atoms with Crippen molar-refractivity contribution in [3.8, 4) is 0 Å². The fraction of sp³-hybridized carbons (Fsp3) is 0.235. The molecule has 0 aromatic heterocycles. The number of rotatable bonds is 3. The van der Waals surface area contributed by atoms with Gasteiger partial charge < -0.3 is 14.2 Å². The highest BCUT2D eigenvalue weighted by Crippen LogP contribution is 2.41. The molecular formula is C17H15IO4. The van der Waals surface area contributed by atoms with Crippen molar-refractivity contribution in [2.75, 3.05) is 7.11 Å². The topological polar surface area (TPSA) is 44.8 Å². The first-order chi connectivity index (χ1) is 10.7. The van der Waals surface area contributed by atoms with E-state index in [0.717, 1.165) is 14.7 Å². The van der Waals surface area contributed by atoms with E-state index >= 15 is 0 Å². The number of carbonyl (C=O) groups is 1. The summed E-state index contributed by atoms with van der Waals surface area (Å²) in [4.78, 5) is 12.1. The Kier molecular flexibility index (Phi) is 4.75. The van der Waals surface area contributed by atoms with Crippen LogP contribution in [0.4, 0.5) is 0 Å². The molecule has 1 aliphatic rings. The Balaban J connectivity index is 1.93. The zero-order chi connectivity index (χ0) is 15.5. The lowest BCUT2D eigenvalue weighted by Gasteiger charge is -2.16. The van der Waals surface area contributed by atoms with Crippen LogP contribution < -0.4 is 0 Å². The van der Waals surface area contributed by atoms with E-state index in [1.807, 2.05) is 54.6 Å². The van der Waals surface area contributed by atoms with Crippen LogP contribution in [0.25, 0.3) is 0 Å². The highest BCUT2D eigenvalue weighted by Gasteiger charge is 2.43. The first-order valence-electron chi connectivity index (χ1n) is 6.89. The predicted molar refractivity (Wildman–Crippen MR) is 89.1 cm³/mol. The molecule has 0 saturated carbocycles. The molecule has 3 rings (SSSR count). The van der Waals surface area contributed by atoms with E-state index < -0.39 is 24.5 Å². The Labute approximate surface area is 142 Å². The van der Waals surface area contributed by atoms with Crippen molar-refractivity contribution >= 4 is 28.6 Å². The minimum absolute atomic E-state index is 0.428. The van der Waals surface area contributed by atoms with Crippen LogP contribution in [0.15, 0.2) is 54.6 Å². The van der Waals surface area contributed by atoms with Gasteiger partial charge in [-0.05, 0) is 34.2 Å². The number of hydrogen-bond acceptors (Lipinski definition) is 4. The van der Waals surface area contributed by atoms with Crippen molar-refractivity contribution in [3.63, 3.8) is 0 Å². The first kappa shape index (κ1) is 15.5. The standard InChI is InChI=1S/C17H15IO4/c1-20-16(19)15-14(12-9-5-6-10-13(12)18)21-17(22-15)11-7-3-2-4-8-11/h2-10,14-15,17H,1H3/t14-,15+,17?/m0/s1. The van der Waals surface area contributed by atoms with Gasteiger partial charge in [-0.1, -0.05) is 48.5 Å². The molecule has 0 aliphatic carbocycles. The maximum absolute atomic E-state index is 12.1. The smallest absolute Gasteiger partial charge is 0.338 e. The average Bonchev–Trinajstić information content (AvgIpc) is 3.00. The van der Waals surface area contributed by atoms with Gasteiger partial charge in [-0.15, -0.1) is 0 Å². The molecule has 1 aliphatic heterocycles. The van der Waals surface area contributed by atoms with Crippen LogP contribution in [0.3, 0.4) is 0 Å². The molecule has 1 unspecified atom stereocenters. The molecule has 3 atom stereocenters. The van der Waals surface area contributed by atoms with Crippen molar-refractivity contribution in [3.05, 3.63) is 69.3 Å². The summed E-state index contributed by atoms with van der Waals surface area (Å²) in [7, 11) is 1.36. The molecule has 2 aromatic rings. The van der Waals surface area contributed by atoms with Crippen molar-refractivity contribution < 1.29 is 19.0 Å². The van der Waals surface area contributed by atoms with E-state index in [1.165, 1.54) is 7.11 Å². The van der Waals surface area contributed by atoms with Crippen molar-refractivity contribution in [1.29, 1.82) is 0 Å². The lowest BCUT2D eigenvalue weighted by Crippen LogP contribution is -2.27. The molecule has 4 nitrogen and oxygen atoms in total. The SMILES string of the molecule is COC(=O)[C@@H]1OC(c2ccccc2)O[C@H]1c1ccccc1I. The van der Waals surface area contributed by atoms with Gasteiger partial charge in [0.15, 0.2) is 12.4 Å². The Morgan fingerprint density at radius 1 is 1.05 bits per heavy atom. The average molecular weight is 410 g/mol. The Bertz CT molecular complexity index is 659. The van der Waals surface area contributed by atoms with E-state index in [9.17, 15) is 4.79 Å². The van der Waals surface area contributed by atoms with Gasteiger partial charge in [0.25, 0.3) is 0 Å². The van der Waals surface area contributed by atoms with Gasteiger partial charge in [0, 0.05) is 9.13 Å². The number of ether oxygens (including phenoxy) is 3. The van der Waals surface area contributed by atoms with Crippen LogP contribution in [0.2, 0.25) is 0 Å². The van der Waals surface area contributed by atoms with Gasteiger partial charge in [0.2, 0.25) is 0 Å². The molecule has 5 heteroatoms. The van der Waals surface area contributed by atoms with E-state index in [4.69, 9.17) is 14.2 Å². The van der Waals surface area contributed by atoms with Crippen LogP contribution >= 0.6 is 22.6 Å². The highest BCUT2D eigenvalue weighted by molar-refractivity contribution is 14.1. The number of benzene rings is 2. The van der Waals surface area contributed by atoms with Gasteiger partial charge >= 0.3 is 5.97 Å². The summed E-state index contributed by atoms with van der Waals surface area (Å²) in [5.74, 6) is -0.428. The molecular weight excluding hydrogens is 395 g/mol. The third-order valence-electron chi connectivity index (χ3n) is 3.53. The number of esters is 1. The van der Waals surface area contributed by atoms with Crippen LogP contribution in [-0.2, 0) is 19.0 Å². The van der Waals surface area contributed by atoms with E-state index in [2.05, 4.69) is 22.6 Å². The minimum Gasteiger partial charge on any atom is -0.467 e. The number of carbonyl (C=O) groups excluding carboxylic acids is 1. The summed E-state index contributed by atoms with van der Waals surface area (Å²) in [6.07, 6.45) is -1.83. The van der Waals surface area contributed by atoms with Crippen molar-refractivity contribution in [2.45, 2.75) is 18.5 Å². The van der Waals surface area contributed by atoms with Gasteiger partial charge in [-0.3, -0.25) is 0 Å². The van der Waals surface area contributed by atoms with Crippen LogP contribution in [-0.4, -0.2) is 19.2 Å². The molecule has 1 fully saturated rings. The summed E-state index contributed by atoms with van der Waals surface area (Å²) in [5.41, 5.74) is 1.81. The zero-order valence-corrected chi connectivity index (χ0v) is 14.1. The lowest BCUT2D eigenvalue weighted by molar-refractivity contribution is -0.154. The molecule has 114 valence electrons. The Hall–Kier alpha value is -1.44. The molecule has 0 spiro atoms. The summed E-state index contributed by atoms with van der Waals surface area (Å²) in [5, 5.41) is 0. The first-order valence-corrected chi connectivity index (χ1v) is 7.96. The maximum atomic E-state index is 12.1. The van der Waals surface area contributed by atoms with E-state index in [0.29, 0.717) is 0 Å². The minimum atomic E-state index is -0.772. The molecule has 0 amide bonds. The largest absolute Gasteiger partial charge is 0.467 e. The Morgan fingerprint density at radius 2 is 1.73 bits per heavy atom. The molecule has 2 aromatic carbocycles. The number of halogens is 1. The third kappa shape index (κ3) is 3.02. The molecule has 1 saturated heterocycles. The highest BCUT2D eigenvalue weighted by atomic mass is 127. The summed E-state index contributed by atoms with van der Waals surface area (Å²) >= 11 is 2.23. The van der Waals surface area contributed by atoms with Crippen LogP contribution in [0, 0.1) is 3.57 Å². The van der Waals surface area contributed by atoms with Crippen molar-refractivity contribution in [2.24, 2.45) is 0 Å². The zero-order valence-electron chi connectivity index (χ0n) is 11.9. The normalized spacial score (nSPS) is 24.2. The number of hydrogen-bond donors (Lipinski definition) is 0. The second-order valence-electron chi connectivity index (χ2n) is 4.90. The van der Waals surface area contributed by atoms with Gasteiger partial charge in [0.1, 0.15) is 6.10 Å². The predicted octanol–water partition coefficient (Wildman–Crippen LogP) is 3.62. The van der Waals surface area contributed by atoms with E-state index in [1.54, 1.807) is 0 Å². The third-order valence-corrected chi connectivity index (χ3v) is 4.51. The summed E-state index contributed by atoms with van der Waals surface area (Å²) in [6.45, 7) is 0. The Morgan fingerprint density at radius 3 is 2.41 bits per heavy atom. The van der Waals surface area contributed by atoms with Crippen molar-refractivity contribution in [1.82, 2.24) is 0 Å². The fourth-order valence-electron chi connectivity index (χ4n) is 2.45. The monoisotopic (exact) mass is 410 g/mol. The van der Waals surface area contributed by atoms with Gasteiger partial charge in [-0.2, -0.15) is 0 Å². The van der Waals surface area contributed by atoms with Crippen LogP contribution in [0.1, 0.15) is 23.5 Å². The molecule has 0 bridgehead atoms.